The van der Waals surface area contributed by atoms with Gasteiger partial charge in [0.05, 0.1) is 18.4 Å². The van der Waals surface area contributed by atoms with E-state index in [-0.39, 0.29) is 11.6 Å². The van der Waals surface area contributed by atoms with E-state index in [0.29, 0.717) is 11.2 Å². The second-order valence-corrected chi connectivity index (χ2v) is 11.0. The lowest BCUT2D eigenvalue weighted by atomic mass is 9.94. The van der Waals surface area contributed by atoms with Crippen molar-refractivity contribution >= 4 is 25.1 Å². The number of nitrogens with two attached hydrogens (primary N) is 1. The van der Waals surface area contributed by atoms with Gasteiger partial charge in [0.25, 0.3) is 0 Å². The molecule has 12 nitrogen and oxygen atoms in total. The van der Waals surface area contributed by atoms with E-state index < -0.39 is 56.4 Å². The van der Waals surface area contributed by atoms with E-state index in [4.69, 9.17) is 24.3 Å². The summed E-state index contributed by atoms with van der Waals surface area (Å²) >= 11 is 0. The fourth-order valence-electron chi connectivity index (χ4n) is 4.13. The van der Waals surface area contributed by atoms with Crippen LogP contribution >= 0.6 is 7.75 Å². The molecule has 4 rings (SSSR count). The third-order valence-electron chi connectivity index (χ3n) is 6.03. The molecule has 0 aliphatic carbocycles. The predicted molar refractivity (Wildman–Crippen MR) is 135 cm³/mol. The number of hydrogen-bond acceptors (Lipinski definition) is 10. The summed E-state index contributed by atoms with van der Waals surface area (Å²) < 4.78 is 52.9. The summed E-state index contributed by atoms with van der Waals surface area (Å²) in [5.41, 5.74) is 4.98. The Morgan fingerprint density at radius 2 is 2.00 bits per heavy atom. The van der Waals surface area contributed by atoms with E-state index >= 15 is 4.39 Å². The summed E-state index contributed by atoms with van der Waals surface area (Å²) in [6.07, 6.45) is -3.95. The second kappa shape index (κ2) is 11.0. The first-order valence-corrected chi connectivity index (χ1v) is 13.5. The standard InChI is InChI=1S/C24H31FN5O7P/c1-14(2)35-23(32)15(3)29-38(33,37-16-8-6-5-7-9-16)34-12-18-20(31)21(25)24(4,36-18)19-11-10-17-22(26)27-13-28-30(17)19/h5-11,13-15,18,20-21,31H,12H2,1-4H3,(H,29,33)(H2,26,27,28)/t15?,18-,20-,21-,24+,38?/m1/s1. The van der Waals surface area contributed by atoms with Crippen molar-refractivity contribution in [3.05, 3.63) is 54.5 Å². The van der Waals surface area contributed by atoms with Crippen LogP contribution in [0.5, 0.6) is 5.75 Å². The number of hydrogen-bond donors (Lipinski definition) is 3. The van der Waals surface area contributed by atoms with Gasteiger partial charge in [0, 0.05) is 0 Å². The first kappa shape index (κ1) is 27.9. The Morgan fingerprint density at radius 1 is 1.29 bits per heavy atom. The minimum absolute atomic E-state index is 0.193. The van der Waals surface area contributed by atoms with E-state index in [9.17, 15) is 14.5 Å². The molecule has 0 bridgehead atoms. The van der Waals surface area contributed by atoms with Crippen molar-refractivity contribution in [3.8, 4) is 5.75 Å². The van der Waals surface area contributed by atoms with Crippen molar-refractivity contribution in [2.45, 2.75) is 63.8 Å². The third kappa shape index (κ3) is 5.67. The number of esters is 1. The molecular weight excluding hydrogens is 520 g/mol. The highest BCUT2D eigenvalue weighted by atomic mass is 31.2. The number of alkyl halides is 1. The van der Waals surface area contributed by atoms with Gasteiger partial charge in [0.2, 0.25) is 0 Å². The Morgan fingerprint density at radius 3 is 2.68 bits per heavy atom. The number of ether oxygens (including phenoxy) is 2. The molecule has 38 heavy (non-hydrogen) atoms. The Bertz CT molecular complexity index is 1330. The molecular formula is C24H31FN5O7P. The highest BCUT2D eigenvalue weighted by Gasteiger charge is 2.55. The number of para-hydroxylation sites is 1. The van der Waals surface area contributed by atoms with Crippen molar-refractivity contribution in [1.29, 1.82) is 0 Å². The van der Waals surface area contributed by atoms with Gasteiger partial charge in [-0.15, -0.1) is 0 Å². The van der Waals surface area contributed by atoms with Gasteiger partial charge in [-0.1, -0.05) is 18.2 Å². The summed E-state index contributed by atoms with van der Waals surface area (Å²) in [6.45, 7) is 5.73. The van der Waals surface area contributed by atoms with E-state index in [0.717, 1.165) is 0 Å². The van der Waals surface area contributed by atoms with Crippen LogP contribution in [0.25, 0.3) is 5.52 Å². The maximum atomic E-state index is 15.5. The molecule has 0 spiro atoms. The molecule has 2 aromatic heterocycles. The SMILES string of the molecule is CC(C)OC(=O)C(C)NP(=O)(OC[C@H]1O[C@@](C)(c2ccc3c(N)ncnn23)[C@H](F)[C@@H]1O)Oc1ccccc1. The van der Waals surface area contributed by atoms with Crippen LogP contribution in [0.3, 0.4) is 0 Å². The number of nitrogens with one attached hydrogen (secondary N) is 1. The van der Waals surface area contributed by atoms with Crippen LogP contribution < -0.4 is 15.3 Å². The number of carbonyl (C=O) groups is 1. The fraction of sp³-hybridized carbons (Fsp3) is 0.458. The van der Waals surface area contributed by atoms with Crippen molar-refractivity contribution < 1.29 is 37.4 Å². The molecule has 4 N–H and O–H groups in total. The number of halogens is 1. The number of aromatic nitrogens is 3. The van der Waals surface area contributed by atoms with E-state index in [1.165, 1.54) is 24.7 Å². The minimum atomic E-state index is -4.25. The van der Waals surface area contributed by atoms with Gasteiger partial charge in [0.15, 0.2) is 12.0 Å². The van der Waals surface area contributed by atoms with Crippen molar-refractivity contribution in [2.24, 2.45) is 0 Å². The quantitative estimate of drug-likeness (QED) is 0.251. The maximum Gasteiger partial charge on any atom is 0.459 e. The molecule has 1 aliphatic rings. The number of rotatable bonds is 10. The monoisotopic (exact) mass is 551 g/mol. The van der Waals surface area contributed by atoms with Crippen LogP contribution in [0.4, 0.5) is 10.2 Å². The summed E-state index contributed by atoms with van der Waals surface area (Å²) in [5.74, 6) is -0.278. The lowest BCUT2D eigenvalue weighted by Gasteiger charge is -2.27. The number of nitrogens with zero attached hydrogens (tertiary/aromatic N) is 3. The van der Waals surface area contributed by atoms with Crippen LogP contribution in [0, 0.1) is 0 Å². The largest absolute Gasteiger partial charge is 0.462 e. The minimum Gasteiger partial charge on any atom is -0.462 e. The van der Waals surface area contributed by atoms with Gasteiger partial charge in [-0.3, -0.25) is 9.32 Å². The zero-order valence-electron chi connectivity index (χ0n) is 21.4. The average molecular weight is 552 g/mol. The molecule has 0 radical (unpaired) electrons. The number of fused-ring (bicyclic) bond motifs is 1. The normalized spacial score (nSPS) is 25.8. The molecule has 0 amide bonds. The molecule has 1 aromatic carbocycles. The molecule has 1 saturated heterocycles. The van der Waals surface area contributed by atoms with Gasteiger partial charge in [-0.2, -0.15) is 10.2 Å². The first-order chi connectivity index (χ1) is 17.9. The highest BCUT2D eigenvalue weighted by molar-refractivity contribution is 7.52. The topological polar surface area (TPSA) is 160 Å². The summed E-state index contributed by atoms with van der Waals surface area (Å²) in [4.78, 5) is 16.3. The van der Waals surface area contributed by atoms with Crippen molar-refractivity contribution in [2.75, 3.05) is 12.3 Å². The number of nitrogen functional groups attached to an aromatic ring is 1. The zero-order chi connectivity index (χ0) is 27.7. The van der Waals surface area contributed by atoms with Crippen LogP contribution in [0.1, 0.15) is 33.4 Å². The first-order valence-electron chi connectivity index (χ1n) is 12.0. The average Bonchev–Trinajstić information content (AvgIpc) is 3.40. The second-order valence-electron chi connectivity index (χ2n) is 9.35. The summed E-state index contributed by atoms with van der Waals surface area (Å²) in [5, 5.41) is 17.4. The van der Waals surface area contributed by atoms with E-state index in [1.807, 2.05) is 0 Å². The number of benzene rings is 1. The lowest BCUT2D eigenvalue weighted by molar-refractivity contribution is -0.149. The molecule has 1 aliphatic heterocycles. The Labute approximate surface area is 218 Å². The molecule has 0 saturated carbocycles. The molecule has 2 unspecified atom stereocenters. The fourth-order valence-corrected chi connectivity index (χ4v) is 5.63. The Balaban J connectivity index is 1.54. The van der Waals surface area contributed by atoms with Gasteiger partial charge in [-0.25, -0.2) is 18.5 Å². The maximum absolute atomic E-state index is 15.5. The van der Waals surface area contributed by atoms with Gasteiger partial charge in [-0.05, 0) is 52.0 Å². The summed E-state index contributed by atoms with van der Waals surface area (Å²) in [7, 11) is -4.25. The number of anilines is 1. The smallest absolute Gasteiger partial charge is 0.459 e. The molecule has 206 valence electrons. The highest BCUT2D eigenvalue weighted by Crippen LogP contribution is 2.47. The van der Waals surface area contributed by atoms with Gasteiger partial charge >= 0.3 is 13.7 Å². The molecule has 3 heterocycles. The van der Waals surface area contributed by atoms with E-state index in [1.54, 1.807) is 56.3 Å². The van der Waals surface area contributed by atoms with Crippen molar-refractivity contribution in [3.63, 3.8) is 0 Å². The summed E-state index contributed by atoms with van der Waals surface area (Å²) in [6, 6.07) is 10.3. The van der Waals surface area contributed by atoms with Crippen molar-refractivity contribution in [1.82, 2.24) is 19.7 Å². The third-order valence-corrected chi connectivity index (χ3v) is 7.67. The van der Waals surface area contributed by atoms with Crippen LogP contribution in [0.15, 0.2) is 48.8 Å². The molecule has 6 atom stereocenters. The number of aliphatic hydroxyl groups excluding tert-OH is 1. The van der Waals surface area contributed by atoms with Gasteiger partial charge in [0.1, 0.15) is 41.4 Å². The van der Waals surface area contributed by atoms with Gasteiger partial charge < -0.3 is 24.8 Å². The molecule has 14 heteroatoms. The lowest BCUT2D eigenvalue weighted by Crippen LogP contribution is -2.38. The molecule has 1 fully saturated rings. The predicted octanol–water partition coefficient (Wildman–Crippen LogP) is 2.76. The Hall–Kier alpha value is -3.09. The van der Waals surface area contributed by atoms with E-state index in [2.05, 4.69) is 15.2 Å². The Kier molecular flexibility index (Phi) is 8.05. The number of carbonyl (C=O) groups excluding carboxylic acids is 1. The van der Waals surface area contributed by atoms with Crippen LogP contribution in [-0.2, 0) is 29.0 Å². The zero-order valence-corrected chi connectivity index (χ0v) is 22.2. The van der Waals surface area contributed by atoms with Crippen LogP contribution in [0.2, 0.25) is 0 Å². The number of aliphatic hydroxyl groups is 1. The molecule has 3 aromatic rings. The van der Waals surface area contributed by atoms with Crippen LogP contribution in [-0.4, -0.2) is 62.8 Å².